The molecule has 0 aliphatic heterocycles. The van der Waals surface area contributed by atoms with E-state index in [9.17, 15) is 9.59 Å². The molecule has 1 aromatic carbocycles. The van der Waals surface area contributed by atoms with Crippen LogP contribution < -0.4 is 0 Å². The molecule has 3 nitrogen and oxygen atoms in total. The van der Waals surface area contributed by atoms with Crippen molar-refractivity contribution in [2.24, 2.45) is 0 Å². The van der Waals surface area contributed by atoms with E-state index in [0.717, 1.165) is 10.5 Å². The predicted molar refractivity (Wildman–Crippen MR) is 77.6 cm³/mol. The lowest BCUT2D eigenvalue weighted by molar-refractivity contribution is -0.128. The molecule has 0 spiro atoms. The van der Waals surface area contributed by atoms with Gasteiger partial charge in [0.15, 0.2) is 0 Å². The number of Topliss-reactive ketones (excluding diaryl/α,β-unsaturated/α-hetero) is 1. The monoisotopic (exact) mass is 283 g/mol. The van der Waals surface area contributed by atoms with Gasteiger partial charge in [-0.1, -0.05) is 39.8 Å². The lowest BCUT2D eigenvalue weighted by Crippen LogP contribution is -2.23. The minimum atomic E-state index is 0.0474. The molecule has 0 aliphatic carbocycles. The molecule has 0 aliphatic rings. The van der Waals surface area contributed by atoms with Crippen molar-refractivity contribution in [2.75, 3.05) is 12.8 Å². The van der Waals surface area contributed by atoms with E-state index in [4.69, 9.17) is 0 Å². The van der Waals surface area contributed by atoms with Crippen molar-refractivity contribution in [1.82, 2.24) is 4.90 Å². The number of carbonyl (C=O) groups is 2. The second kappa shape index (κ2) is 7.48. The molecule has 0 aromatic heterocycles. The van der Waals surface area contributed by atoms with Crippen molar-refractivity contribution in [2.45, 2.75) is 25.3 Å². The predicted octanol–water partition coefficient (Wildman–Crippen LogP) is 2.99. The van der Waals surface area contributed by atoms with Gasteiger partial charge in [0, 0.05) is 25.4 Å². The van der Waals surface area contributed by atoms with Crippen molar-refractivity contribution in [3.8, 4) is 0 Å². The summed E-state index contributed by atoms with van der Waals surface area (Å²) in [6.45, 7) is 3.74. The molecule has 0 fully saturated rings. The number of nitrogens with zero attached hydrogens (tertiary/aromatic N) is 1. The molecule has 0 N–H and O–H groups in total. The zero-order chi connectivity index (χ0) is 13.5. The third-order valence-electron chi connectivity index (χ3n) is 2.33. The fourth-order valence-corrected chi connectivity index (χ4v) is 3.53. The van der Waals surface area contributed by atoms with Crippen LogP contribution in [0, 0.1) is 0 Å². The van der Waals surface area contributed by atoms with Crippen LogP contribution in [0.2, 0.25) is 0 Å². The minimum absolute atomic E-state index is 0.0474. The Hall–Kier alpha value is -0.940. The Morgan fingerprint density at radius 1 is 1.22 bits per heavy atom. The number of hydrogen-bond donors (Lipinski definition) is 0. The summed E-state index contributed by atoms with van der Waals surface area (Å²) in [6, 6.07) is 7.95. The number of amides is 1. The molecule has 0 bridgehead atoms. The van der Waals surface area contributed by atoms with E-state index in [2.05, 4.69) is 0 Å². The summed E-state index contributed by atoms with van der Waals surface area (Å²) in [4.78, 5) is 24.9. The van der Waals surface area contributed by atoms with Crippen molar-refractivity contribution in [3.63, 3.8) is 0 Å². The number of ketones is 1. The van der Waals surface area contributed by atoms with Crippen LogP contribution in [0.25, 0.3) is 0 Å². The van der Waals surface area contributed by atoms with E-state index < -0.39 is 0 Å². The number of carbonyl (C=O) groups excluding carboxylic acids is 2. The standard InChI is InChI=1S/C13H17NO2S2/c1-10(15)9-17-18-13-7-5-4-6-12(13)8-14(3)11(2)16/h4-7H,8-9H2,1-3H3. The molecule has 18 heavy (non-hydrogen) atoms. The van der Waals surface area contributed by atoms with Gasteiger partial charge in [0.25, 0.3) is 0 Å². The second-order valence-corrected chi connectivity index (χ2v) is 6.37. The average Bonchev–Trinajstić information content (AvgIpc) is 2.30. The highest BCUT2D eigenvalue weighted by molar-refractivity contribution is 8.76. The van der Waals surface area contributed by atoms with Gasteiger partial charge in [-0.05, 0) is 18.6 Å². The van der Waals surface area contributed by atoms with Crippen LogP contribution in [0.5, 0.6) is 0 Å². The quantitative estimate of drug-likeness (QED) is 0.752. The Kier molecular flexibility index (Phi) is 6.29. The van der Waals surface area contributed by atoms with Crippen LogP contribution in [0.4, 0.5) is 0 Å². The first-order valence-electron chi connectivity index (χ1n) is 5.59. The fourth-order valence-electron chi connectivity index (χ4n) is 1.26. The van der Waals surface area contributed by atoms with Gasteiger partial charge < -0.3 is 4.90 Å². The number of benzene rings is 1. The Morgan fingerprint density at radius 3 is 2.50 bits per heavy atom. The van der Waals surface area contributed by atoms with Crippen LogP contribution in [-0.2, 0) is 16.1 Å². The van der Waals surface area contributed by atoms with Crippen LogP contribution >= 0.6 is 21.6 Å². The highest BCUT2D eigenvalue weighted by Crippen LogP contribution is 2.33. The highest BCUT2D eigenvalue weighted by Gasteiger charge is 2.08. The van der Waals surface area contributed by atoms with Crippen molar-refractivity contribution in [1.29, 1.82) is 0 Å². The van der Waals surface area contributed by atoms with Gasteiger partial charge in [-0.3, -0.25) is 9.59 Å². The molecular weight excluding hydrogens is 266 g/mol. The van der Waals surface area contributed by atoms with Crippen molar-refractivity contribution < 1.29 is 9.59 Å². The Morgan fingerprint density at radius 2 is 1.89 bits per heavy atom. The molecule has 1 rings (SSSR count). The normalized spacial score (nSPS) is 10.2. The molecule has 98 valence electrons. The number of rotatable bonds is 6. The van der Waals surface area contributed by atoms with Gasteiger partial charge >= 0.3 is 0 Å². The van der Waals surface area contributed by atoms with Gasteiger partial charge in [0.1, 0.15) is 5.78 Å². The second-order valence-electron chi connectivity index (χ2n) is 4.03. The first kappa shape index (κ1) is 15.1. The van der Waals surface area contributed by atoms with E-state index in [0.29, 0.717) is 12.3 Å². The molecule has 0 radical (unpaired) electrons. The highest BCUT2D eigenvalue weighted by atomic mass is 33.1. The largest absolute Gasteiger partial charge is 0.342 e. The van der Waals surface area contributed by atoms with Crippen LogP contribution in [0.15, 0.2) is 29.2 Å². The van der Waals surface area contributed by atoms with Gasteiger partial charge in [-0.2, -0.15) is 0 Å². The van der Waals surface area contributed by atoms with Crippen LogP contribution in [0.3, 0.4) is 0 Å². The third-order valence-corrected chi connectivity index (χ3v) is 4.79. The van der Waals surface area contributed by atoms with Crippen molar-refractivity contribution >= 4 is 33.3 Å². The van der Waals surface area contributed by atoms with E-state index in [1.807, 2.05) is 24.3 Å². The average molecular weight is 283 g/mol. The van der Waals surface area contributed by atoms with Gasteiger partial charge in [0.2, 0.25) is 5.91 Å². The smallest absolute Gasteiger partial charge is 0.219 e. The molecular formula is C13H17NO2S2. The molecule has 1 aromatic rings. The van der Waals surface area contributed by atoms with Gasteiger partial charge in [0.05, 0.1) is 5.75 Å². The first-order chi connectivity index (χ1) is 8.50. The molecule has 0 saturated heterocycles. The van der Waals surface area contributed by atoms with E-state index in [1.54, 1.807) is 36.6 Å². The van der Waals surface area contributed by atoms with E-state index >= 15 is 0 Å². The maximum Gasteiger partial charge on any atom is 0.219 e. The maximum atomic E-state index is 11.2. The first-order valence-corrected chi connectivity index (χ1v) is 7.91. The lowest BCUT2D eigenvalue weighted by atomic mass is 10.2. The zero-order valence-corrected chi connectivity index (χ0v) is 12.4. The Balaban J connectivity index is 2.67. The Labute approximate surface area is 116 Å². The zero-order valence-electron chi connectivity index (χ0n) is 10.8. The molecule has 5 heteroatoms. The third kappa shape index (κ3) is 5.14. The summed E-state index contributed by atoms with van der Waals surface area (Å²) >= 11 is 0. The van der Waals surface area contributed by atoms with Gasteiger partial charge in [-0.25, -0.2) is 0 Å². The summed E-state index contributed by atoms with van der Waals surface area (Å²) in [7, 11) is 4.90. The maximum absolute atomic E-state index is 11.2. The molecule has 1 amide bonds. The summed E-state index contributed by atoms with van der Waals surface area (Å²) < 4.78 is 0. The molecule has 0 heterocycles. The van der Waals surface area contributed by atoms with Crippen molar-refractivity contribution in [3.05, 3.63) is 29.8 Å². The van der Waals surface area contributed by atoms with E-state index in [1.165, 1.54) is 10.8 Å². The van der Waals surface area contributed by atoms with Crippen LogP contribution in [0.1, 0.15) is 19.4 Å². The fraction of sp³-hybridized carbons (Fsp3) is 0.385. The molecule has 0 saturated carbocycles. The topological polar surface area (TPSA) is 37.4 Å². The summed E-state index contributed by atoms with van der Waals surface area (Å²) in [6.07, 6.45) is 0. The lowest BCUT2D eigenvalue weighted by Gasteiger charge is -2.16. The minimum Gasteiger partial charge on any atom is -0.342 e. The SMILES string of the molecule is CC(=O)CSSc1ccccc1CN(C)C(C)=O. The van der Waals surface area contributed by atoms with Gasteiger partial charge in [-0.15, -0.1) is 0 Å². The van der Waals surface area contributed by atoms with E-state index in [-0.39, 0.29) is 11.7 Å². The Bertz CT molecular complexity index is 435. The van der Waals surface area contributed by atoms with Crippen LogP contribution in [-0.4, -0.2) is 29.4 Å². The molecule has 0 unspecified atom stereocenters. The summed E-state index contributed by atoms with van der Waals surface area (Å²) in [5.74, 6) is 0.721. The summed E-state index contributed by atoms with van der Waals surface area (Å²) in [5.41, 5.74) is 1.11. The number of hydrogen-bond acceptors (Lipinski definition) is 4. The summed E-state index contributed by atoms with van der Waals surface area (Å²) in [5, 5.41) is 0. The molecule has 0 atom stereocenters.